The van der Waals surface area contributed by atoms with E-state index in [-0.39, 0.29) is 6.61 Å². The summed E-state index contributed by atoms with van der Waals surface area (Å²) in [4.78, 5) is 13.1. The fourth-order valence-electron chi connectivity index (χ4n) is 8.23. The number of carbonyl (C=O) groups is 1. The second-order valence-corrected chi connectivity index (χ2v) is 18.8. The molecule has 10 heteroatoms. The summed E-state index contributed by atoms with van der Waals surface area (Å²) < 4.78 is 11.1. The molecule has 10 nitrogen and oxygen atoms in total. The zero-order chi connectivity index (χ0) is 48.1. The highest BCUT2D eigenvalue weighted by atomic mass is 16.7. The van der Waals surface area contributed by atoms with Gasteiger partial charge in [0, 0.05) is 0 Å². The Kier molecular flexibility index (Phi) is 42.5. The van der Waals surface area contributed by atoms with Crippen LogP contribution in [0, 0.1) is 0 Å². The number of hydrogen-bond acceptors (Lipinski definition) is 9. The van der Waals surface area contributed by atoms with Crippen LogP contribution < -0.4 is 5.32 Å². The molecule has 1 saturated heterocycles. The van der Waals surface area contributed by atoms with Gasteiger partial charge in [-0.25, -0.2) is 0 Å². The summed E-state index contributed by atoms with van der Waals surface area (Å²) in [5.41, 5.74) is 0. The molecule has 8 unspecified atom stereocenters. The molecule has 0 aliphatic carbocycles. The monoisotopic (exact) mass is 932 g/mol. The maximum Gasteiger partial charge on any atom is 0.249 e. The smallest absolute Gasteiger partial charge is 0.249 e. The molecule has 66 heavy (non-hydrogen) atoms. The van der Waals surface area contributed by atoms with Crippen molar-refractivity contribution in [2.75, 3.05) is 13.2 Å². The van der Waals surface area contributed by atoms with Crippen molar-refractivity contribution in [1.82, 2.24) is 5.32 Å². The van der Waals surface area contributed by atoms with E-state index in [0.29, 0.717) is 19.3 Å². The standard InChI is InChI=1S/C56H101NO9/c1-3-5-7-9-11-13-15-16-17-18-19-20-21-22-23-24-25-26-27-28-29-30-31-32-33-35-37-39-41-43-45-50(60)55(64)57-48(47-65-56-54(63)53(62)52(61)51(46-58)66-56)49(59)44-42-40-38-36-34-14-12-10-8-6-4-2/h8,10,19-20,22-23,34,36,42,44,48-54,56,58-63H,3-7,9,11-18,21,24-33,35,37-41,43,45-47H2,1-2H3,(H,57,64)/b10-8+,20-19-,23-22-,36-34+,44-42+. The van der Waals surface area contributed by atoms with Gasteiger partial charge in [-0.05, 0) is 70.6 Å². The van der Waals surface area contributed by atoms with Crippen LogP contribution in [0.2, 0.25) is 0 Å². The number of rotatable bonds is 45. The molecule has 1 rings (SSSR count). The molecule has 1 amide bonds. The van der Waals surface area contributed by atoms with Crippen molar-refractivity contribution < 1.29 is 44.9 Å². The summed E-state index contributed by atoms with van der Waals surface area (Å²) in [6.07, 6.45) is 50.6. The third kappa shape index (κ3) is 34.2. The lowest BCUT2D eigenvalue weighted by Gasteiger charge is -2.40. The summed E-state index contributed by atoms with van der Waals surface area (Å²) in [6.45, 7) is 3.51. The minimum absolute atomic E-state index is 0.298. The number of carbonyl (C=O) groups excluding carboxylic acids is 1. The molecule has 0 aromatic heterocycles. The Morgan fingerprint density at radius 2 is 0.970 bits per heavy atom. The van der Waals surface area contributed by atoms with Crippen LogP contribution in [-0.4, -0.2) is 98.7 Å². The molecule has 1 aliphatic rings. The van der Waals surface area contributed by atoms with Gasteiger partial charge in [-0.3, -0.25) is 4.79 Å². The van der Waals surface area contributed by atoms with Crippen molar-refractivity contribution in [3.8, 4) is 0 Å². The second kappa shape index (κ2) is 45.3. The molecule has 0 aromatic carbocycles. The molecule has 8 atom stereocenters. The van der Waals surface area contributed by atoms with Crippen molar-refractivity contribution in [3.63, 3.8) is 0 Å². The van der Waals surface area contributed by atoms with Gasteiger partial charge in [0.05, 0.1) is 25.4 Å². The van der Waals surface area contributed by atoms with E-state index < -0.39 is 61.5 Å². The Labute approximate surface area is 403 Å². The second-order valence-electron chi connectivity index (χ2n) is 18.8. The maximum absolute atomic E-state index is 13.1. The zero-order valence-electron chi connectivity index (χ0n) is 42.0. The molecule has 1 aliphatic heterocycles. The number of aliphatic hydroxyl groups is 6. The van der Waals surface area contributed by atoms with Crippen LogP contribution in [0.4, 0.5) is 0 Å². The van der Waals surface area contributed by atoms with E-state index in [1.807, 2.05) is 6.08 Å². The van der Waals surface area contributed by atoms with Crippen molar-refractivity contribution >= 4 is 5.91 Å². The molecule has 0 saturated carbocycles. The minimum atomic E-state index is -1.62. The first-order chi connectivity index (χ1) is 32.3. The average Bonchev–Trinajstić information content (AvgIpc) is 3.32. The van der Waals surface area contributed by atoms with Crippen LogP contribution in [0.5, 0.6) is 0 Å². The van der Waals surface area contributed by atoms with Crippen LogP contribution in [0.1, 0.15) is 226 Å². The van der Waals surface area contributed by atoms with Crippen LogP contribution >= 0.6 is 0 Å². The number of ether oxygens (including phenoxy) is 2. The lowest BCUT2D eigenvalue weighted by molar-refractivity contribution is -0.302. The van der Waals surface area contributed by atoms with Gasteiger partial charge in [0.2, 0.25) is 5.91 Å². The summed E-state index contributed by atoms with van der Waals surface area (Å²) in [6, 6.07) is -1.00. The molecule has 7 N–H and O–H groups in total. The Morgan fingerprint density at radius 1 is 0.530 bits per heavy atom. The zero-order valence-corrected chi connectivity index (χ0v) is 42.0. The lowest BCUT2D eigenvalue weighted by atomic mass is 9.99. The number of amides is 1. The molecule has 0 spiro atoms. The molecule has 384 valence electrons. The number of nitrogens with one attached hydrogen (secondary N) is 1. The lowest BCUT2D eigenvalue weighted by Crippen LogP contribution is -2.60. The highest BCUT2D eigenvalue weighted by Crippen LogP contribution is 2.23. The third-order valence-corrected chi connectivity index (χ3v) is 12.6. The van der Waals surface area contributed by atoms with Crippen molar-refractivity contribution in [2.24, 2.45) is 0 Å². The Hall–Kier alpha value is -2.15. The van der Waals surface area contributed by atoms with Crippen LogP contribution in [0.15, 0.2) is 60.8 Å². The number of unbranched alkanes of at least 4 members (excludes halogenated alkanes) is 26. The highest BCUT2D eigenvalue weighted by molar-refractivity contribution is 5.80. The SMILES string of the molecule is CCC/C=C/CC/C=C/CC/C=C/C(O)C(COC1OC(CO)C(O)C(O)C1O)NC(=O)C(O)CCCCCCCCCCCCCCCC/C=C\C/C=C\CCCCCCCCCCC. The van der Waals surface area contributed by atoms with Gasteiger partial charge in [0.1, 0.15) is 30.5 Å². The van der Waals surface area contributed by atoms with Gasteiger partial charge in [-0.15, -0.1) is 0 Å². The van der Waals surface area contributed by atoms with Gasteiger partial charge in [-0.1, -0.05) is 216 Å². The van der Waals surface area contributed by atoms with Gasteiger partial charge in [-0.2, -0.15) is 0 Å². The third-order valence-electron chi connectivity index (χ3n) is 12.6. The first-order valence-corrected chi connectivity index (χ1v) is 27.1. The van der Waals surface area contributed by atoms with E-state index in [1.165, 1.54) is 135 Å². The quantitative estimate of drug-likeness (QED) is 0.0232. The molecule has 0 radical (unpaired) electrons. The van der Waals surface area contributed by atoms with E-state index >= 15 is 0 Å². The van der Waals surface area contributed by atoms with Crippen molar-refractivity contribution in [1.29, 1.82) is 0 Å². The van der Waals surface area contributed by atoms with Gasteiger partial charge in [0.25, 0.3) is 0 Å². The predicted octanol–water partition coefficient (Wildman–Crippen LogP) is 11.7. The first kappa shape index (κ1) is 61.9. The fraction of sp³-hybridized carbons (Fsp3) is 0.804. The highest BCUT2D eigenvalue weighted by Gasteiger charge is 2.44. The van der Waals surface area contributed by atoms with Gasteiger partial charge >= 0.3 is 0 Å². The Morgan fingerprint density at radius 3 is 1.45 bits per heavy atom. The van der Waals surface area contributed by atoms with Gasteiger partial charge in [0.15, 0.2) is 6.29 Å². The number of aliphatic hydroxyl groups excluding tert-OH is 6. The number of hydrogen-bond donors (Lipinski definition) is 7. The Bertz CT molecular complexity index is 1240. The molecule has 0 aromatic rings. The summed E-state index contributed by atoms with van der Waals surface area (Å²) >= 11 is 0. The van der Waals surface area contributed by atoms with Crippen LogP contribution in [0.25, 0.3) is 0 Å². The number of allylic oxidation sites excluding steroid dienone is 9. The minimum Gasteiger partial charge on any atom is -0.394 e. The average molecular weight is 932 g/mol. The summed E-state index contributed by atoms with van der Waals surface area (Å²) in [7, 11) is 0. The molecule has 0 bridgehead atoms. The van der Waals surface area contributed by atoms with Gasteiger partial charge < -0.3 is 45.4 Å². The molecule has 1 fully saturated rings. The molecular weight excluding hydrogens is 831 g/mol. The van der Waals surface area contributed by atoms with E-state index in [4.69, 9.17) is 9.47 Å². The first-order valence-electron chi connectivity index (χ1n) is 27.1. The maximum atomic E-state index is 13.1. The Balaban J connectivity index is 2.20. The van der Waals surface area contributed by atoms with Crippen LogP contribution in [-0.2, 0) is 14.3 Å². The fourth-order valence-corrected chi connectivity index (χ4v) is 8.23. The van der Waals surface area contributed by atoms with Crippen molar-refractivity contribution in [2.45, 2.75) is 275 Å². The van der Waals surface area contributed by atoms with E-state index in [1.54, 1.807) is 6.08 Å². The van der Waals surface area contributed by atoms with E-state index in [0.717, 1.165) is 57.8 Å². The normalized spacial score (nSPS) is 20.8. The van der Waals surface area contributed by atoms with E-state index in [9.17, 15) is 35.4 Å². The topological polar surface area (TPSA) is 169 Å². The molecule has 1 heterocycles. The predicted molar refractivity (Wildman–Crippen MR) is 273 cm³/mol. The van der Waals surface area contributed by atoms with Crippen molar-refractivity contribution in [3.05, 3.63) is 60.8 Å². The summed E-state index contributed by atoms with van der Waals surface area (Å²) in [5.74, 6) is -0.633. The largest absolute Gasteiger partial charge is 0.394 e. The van der Waals surface area contributed by atoms with E-state index in [2.05, 4.69) is 67.8 Å². The summed E-state index contributed by atoms with van der Waals surface area (Å²) in [5, 5.41) is 64.7. The van der Waals surface area contributed by atoms with Crippen LogP contribution in [0.3, 0.4) is 0 Å². The molecular formula is C56H101NO9.